The number of aromatic nitrogens is 3. The fourth-order valence-electron chi connectivity index (χ4n) is 2.58. The molecule has 2 heterocycles. The van der Waals surface area contributed by atoms with Crippen molar-refractivity contribution < 1.29 is 9.15 Å². The predicted octanol–water partition coefficient (Wildman–Crippen LogP) is 3.20. The third-order valence-corrected chi connectivity index (χ3v) is 4.02. The maximum absolute atomic E-state index is 5.76. The van der Waals surface area contributed by atoms with Gasteiger partial charge in [0.15, 0.2) is 11.7 Å². The van der Waals surface area contributed by atoms with E-state index in [2.05, 4.69) is 37.3 Å². The molecule has 0 fully saturated rings. The molecule has 0 bridgehead atoms. The van der Waals surface area contributed by atoms with E-state index in [1.54, 1.807) is 6.26 Å². The summed E-state index contributed by atoms with van der Waals surface area (Å²) in [5.41, 5.74) is 0. The van der Waals surface area contributed by atoms with Crippen LogP contribution in [0.2, 0.25) is 0 Å². The molecule has 3 aromatic rings. The number of nitrogens with one attached hydrogen (secondary N) is 2. The van der Waals surface area contributed by atoms with Gasteiger partial charge in [0.2, 0.25) is 5.82 Å². The van der Waals surface area contributed by atoms with Crippen molar-refractivity contribution in [1.82, 2.24) is 25.4 Å². The zero-order chi connectivity index (χ0) is 19.6. The van der Waals surface area contributed by atoms with Gasteiger partial charge in [0, 0.05) is 26.6 Å². The Morgan fingerprint density at radius 1 is 1.24 bits per heavy atom. The maximum atomic E-state index is 5.76. The second-order valence-corrected chi connectivity index (χ2v) is 6.15. The number of H-pyrrole nitrogens is 1. The number of ether oxygens (including phenoxy) is 1. The lowest BCUT2D eigenvalue weighted by molar-refractivity contribution is 0.281. The Bertz CT molecular complexity index is 851. The van der Waals surface area contributed by atoms with Crippen LogP contribution in [0.1, 0.15) is 12.7 Å². The number of rotatable bonds is 9. The fraction of sp³-hybridized carbons (Fsp3) is 0.350. The number of benzene rings is 1. The Balaban J connectivity index is 0.00000300. The SMILES string of the molecule is CCNC(=NCCc1nc(-c2ccco2)n[nH]1)N(C)CCOc1ccccc1.I. The highest BCUT2D eigenvalue weighted by Gasteiger charge is 2.09. The van der Waals surface area contributed by atoms with Crippen LogP contribution in [0.4, 0.5) is 0 Å². The second kappa shape index (κ2) is 12.1. The largest absolute Gasteiger partial charge is 0.492 e. The quantitative estimate of drug-likeness (QED) is 0.261. The Morgan fingerprint density at radius 3 is 2.79 bits per heavy atom. The standard InChI is InChI=1S/C20H26N6O2.HI/c1-3-21-20(26(2)13-15-27-16-8-5-4-6-9-16)22-12-11-18-23-19(25-24-18)17-10-7-14-28-17;/h4-10,14H,3,11-13,15H2,1-2H3,(H,21,22)(H,23,24,25);1H. The maximum Gasteiger partial charge on any atom is 0.216 e. The first kappa shape index (κ1) is 22.7. The monoisotopic (exact) mass is 510 g/mol. The van der Waals surface area contributed by atoms with Crippen LogP contribution >= 0.6 is 24.0 Å². The zero-order valence-electron chi connectivity index (χ0n) is 16.7. The molecule has 3 rings (SSSR count). The van der Waals surface area contributed by atoms with E-state index in [0.717, 1.165) is 30.6 Å². The number of aromatic amines is 1. The highest BCUT2D eigenvalue weighted by atomic mass is 127. The molecule has 2 aromatic heterocycles. The van der Waals surface area contributed by atoms with Crippen molar-refractivity contribution in [1.29, 1.82) is 0 Å². The van der Waals surface area contributed by atoms with Crippen molar-refractivity contribution in [2.24, 2.45) is 4.99 Å². The van der Waals surface area contributed by atoms with Gasteiger partial charge in [-0.2, -0.15) is 5.10 Å². The van der Waals surface area contributed by atoms with Crippen LogP contribution in [0, 0.1) is 0 Å². The molecule has 0 radical (unpaired) electrons. The first-order valence-electron chi connectivity index (χ1n) is 9.38. The first-order valence-corrected chi connectivity index (χ1v) is 9.38. The number of nitrogens with zero attached hydrogens (tertiary/aromatic N) is 4. The van der Waals surface area contributed by atoms with Crippen molar-refractivity contribution in [3.63, 3.8) is 0 Å². The van der Waals surface area contributed by atoms with Crippen LogP contribution in [0.15, 0.2) is 58.1 Å². The van der Waals surface area contributed by atoms with Gasteiger partial charge in [-0.05, 0) is 31.2 Å². The molecule has 29 heavy (non-hydrogen) atoms. The van der Waals surface area contributed by atoms with E-state index in [1.165, 1.54) is 0 Å². The molecule has 0 aliphatic heterocycles. The van der Waals surface area contributed by atoms with Gasteiger partial charge in [0.05, 0.1) is 12.8 Å². The first-order chi connectivity index (χ1) is 13.8. The van der Waals surface area contributed by atoms with E-state index in [-0.39, 0.29) is 24.0 Å². The second-order valence-electron chi connectivity index (χ2n) is 6.15. The Kier molecular flexibility index (Phi) is 9.48. The van der Waals surface area contributed by atoms with Crippen molar-refractivity contribution >= 4 is 29.9 Å². The number of hydrogen-bond donors (Lipinski definition) is 2. The predicted molar refractivity (Wildman–Crippen MR) is 124 cm³/mol. The summed E-state index contributed by atoms with van der Waals surface area (Å²) in [5, 5.41) is 10.4. The van der Waals surface area contributed by atoms with E-state index >= 15 is 0 Å². The van der Waals surface area contributed by atoms with Gasteiger partial charge in [0.25, 0.3) is 0 Å². The Morgan fingerprint density at radius 2 is 2.07 bits per heavy atom. The Labute approximate surface area is 187 Å². The lowest BCUT2D eigenvalue weighted by atomic mass is 10.3. The summed E-state index contributed by atoms with van der Waals surface area (Å²) in [6, 6.07) is 13.5. The van der Waals surface area contributed by atoms with Crippen molar-refractivity contribution in [3.8, 4) is 17.3 Å². The minimum absolute atomic E-state index is 0. The fourth-order valence-corrected chi connectivity index (χ4v) is 2.58. The number of guanidine groups is 1. The molecule has 156 valence electrons. The van der Waals surface area contributed by atoms with Crippen molar-refractivity contribution in [3.05, 3.63) is 54.6 Å². The highest BCUT2D eigenvalue weighted by Crippen LogP contribution is 2.14. The van der Waals surface area contributed by atoms with E-state index in [0.29, 0.717) is 31.2 Å². The molecule has 0 saturated heterocycles. The Hall–Kier alpha value is -2.56. The molecule has 0 aliphatic carbocycles. The minimum Gasteiger partial charge on any atom is -0.492 e. The van der Waals surface area contributed by atoms with Crippen molar-refractivity contribution in [2.75, 3.05) is 33.3 Å². The summed E-state index contributed by atoms with van der Waals surface area (Å²) >= 11 is 0. The van der Waals surface area contributed by atoms with Gasteiger partial charge < -0.3 is 19.4 Å². The molecule has 0 saturated carbocycles. The van der Waals surface area contributed by atoms with Crippen LogP contribution < -0.4 is 10.1 Å². The molecule has 0 spiro atoms. The van der Waals surface area contributed by atoms with Crippen LogP contribution in [0.5, 0.6) is 5.75 Å². The molecule has 0 atom stereocenters. The molecule has 1 aromatic carbocycles. The van der Waals surface area contributed by atoms with Gasteiger partial charge >= 0.3 is 0 Å². The highest BCUT2D eigenvalue weighted by molar-refractivity contribution is 14.0. The normalized spacial score (nSPS) is 11.0. The molecule has 0 unspecified atom stereocenters. The lowest BCUT2D eigenvalue weighted by Crippen LogP contribution is -2.41. The summed E-state index contributed by atoms with van der Waals surface area (Å²) in [7, 11) is 2.00. The molecule has 9 heteroatoms. The van der Waals surface area contributed by atoms with E-state index in [4.69, 9.17) is 9.15 Å². The van der Waals surface area contributed by atoms with Gasteiger partial charge in [-0.15, -0.1) is 24.0 Å². The van der Waals surface area contributed by atoms with Gasteiger partial charge in [-0.3, -0.25) is 10.1 Å². The zero-order valence-corrected chi connectivity index (χ0v) is 19.0. The summed E-state index contributed by atoms with van der Waals surface area (Å²) in [6.07, 6.45) is 2.27. The van der Waals surface area contributed by atoms with Crippen LogP contribution in [-0.2, 0) is 6.42 Å². The van der Waals surface area contributed by atoms with Crippen molar-refractivity contribution in [2.45, 2.75) is 13.3 Å². The van der Waals surface area contributed by atoms with Crippen LogP contribution in [0.3, 0.4) is 0 Å². The number of furan rings is 1. The minimum atomic E-state index is 0. The van der Waals surface area contributed by atoms with E-state index < -0.39 is 0 Å². The third-order valence-electron chi connectivity index (χ3n) is 4.02. The number of halogens is 1. The molecule has 0 aliphatic rings. The van der Waals surface area contributed by atoms with E-state index in [1.807, 2.05) is 49.5 Å². The molecule has 0 amide bonds. The number of likely N-dealkylation sites (N-methyl/N-ethyl adjacent to an activating group) is 1. The average Bonchev–Trinajstić information content (AvgIpc) is 3.40. The summed E-state index contributed by atoms with van der Waals surface area (Å²) < 4.78 is 11.1. The summed E-state index contributed by atoms with van der Waals surface area (Å²) in [4.78, 5) is 11.2. The smallest absolute Gasteiger partial charge is 0.216 e. The summed E-state index contributed by atoms with van der Waals surface area (Å²) in [6.45, 7) is 4.76. The molecular formula is C20H27IN6O2. The molecule has 8 nitrogen and oxygen atoms in total. The molecule has 2 N–H and O–H groups in total. The molecular weight excluding hydrogens is 483 g/mol. The lowest BCUT2D eigenvalue weighted by Gasteiger charge is -2.22. The number of hydrogen-bond acceptors (Lipinski definition) is 5. The van der Waals surface area contributed by atoms with Gasteiger partial charge in [-0.1, -0.05) is 18.2 Å². The summed E-state index contributed by atoms with van der Waals surface area (Å²) in [5.74, 6) is 3.70. The van der Waals surface area contributed by atoms with Gasteiger partial charge in [0.1, 0.15) is 18.2 Å². The van der Waals surface area contributed by atoms with Crippen LogP contribution in [-0.4, -0.2) is 59.3 Å². The van der Waals surface area contributed by atoms with Crippen LogP contribution in [0.25, 0.3) is 11.6 Å². The number of aliphatic imine (C=N–C) groups is 1. The van der Waals surface area contributed by atoms with E-state index in [9.17, 15) is 0 Å². The van der Waals surface area contributed by atoms with Gasteiger partial charge in [-0.25, -0.2) is 4.98 Å². The topological polar surface area (TPSA) is 91.6 Å². The third kappa shape index (κ3) is 7.08. The average molecular weight is 510 g/mol. The number of para-hydroxylation sites is 1.